The SMILES string of the molecule is C[C@@H](CO)NC(=O)Nc1ccc(F)nc1. The van der Waals surface area contributed by atoms with E-state index in [0.717, 1.165) is 6.07 Å². The summed E-state index contributed by atoms with van der Waals surface area (Å²) in [6.45, 7) is 1.51. The lowest BCUT2D eigenvalue weighted by atomic mass is 10.4. The van der Waals surface area contributed by atoms with Gasteiger partial charge in [-0.1, -0.05) is 0 Å². The number of aromatic nitrogens is 1. The fourth-order valence-electron chi connectivity index (χ4n) is 0.886. The first kappa shape index (κ1) is 11.4. The second-order valence-corrected chi connectivity index (χ2v) is 3.05. The molecule has 6 heteroatoms. The Morgan fingerprint density at radius 2 is 2.40 bits per heavy atom. The van der Waals surface area contributed by atoms with E-state index in [1.165, 1.54) is 12.3 Å². The van der Waals surface area contributed by atoms with Crippen LogP contribution in [0.2, 0.25) is 0 Å². The largest absolute Gasteiger partial charge is 0.394 e. The number of nitrogens with zero attached hydrogens (tertiary/aromatic N) is 1. The number of urea groups is 1. The standard InChI is InChI=1S/C9H12FN3O2/c1-6(5-14)12-9(15)13-7-2-3-8(10)11-4-7/h2-4,6,14H,5H2,1H3,(H2,12,13,15)/t6-/m0/s1. The lowest BCUT2D eigenvalue weighted by molar-refractivity contribution is 0.229. The molecule has 3 N–H and O–H groups in total. The monoisotopic (exact) mass is 213 g/mol. The number of anilines is 1. The molecule has 0 aliphatic heterocycles. The third-order valence-corrected chi connectivity index (χ3v) is 1.64. The van der Waals surface area contributed by atoms with Gasteiger partial charge in [0, 0.05) is 0 Å². The summed E-state index contributed by atoms with van der Waals surface area (Å²) >= 11 is 0. The molecule has 0 aliphatic rings. The van der Waals surface area contributed by atoms with Gasteiger partial charge in [0.25, 0.3) is 0 Å². The third-order valence-electron chi connectivity index (χ3n) is 1.64. The molecule has 0 spiro atoms. The second-order valence-electron chi connectivity index (χ2n) is 3.05. The number of aliphatic hydroxyl groups is 1. The Balaban J connectivity index is 2.48. The van der Waals surface area contributed by atoms with E-state index in [1.807, 2.05) is 0 Å². The van der Waals surface area contributed by atoms with E-state index in [9.17, 15) is 9.18 Å². The molecule has 1 rings (SSSR count). The Labute approximate surface area is 86.3 Å². The molecule has 15 heavy (non-hydrogen) atoms. The number of amides is 2. The Kier molecular flexibility index (Phi) is 3.99. The number of hydrogen-bond acceptors (Lipinski definition) is 3. The topological polar surface area (TPSA) is 74.2 Å². The number of nitrogens with one attached hydrogen (secondary N) is 2. The molecule has 1 atom stereocenters. The first-order chi connectivity index (χ1) is 7.11. The van der Waals surface area contributed by atoms with Crippen LogP contribution in [0.1, 0.15) is 6.92 Å². The molecule has 5 nitrogen and oxygen atoms in total. The van der Waals surface area contributed by atoms with Crippen LogP contribution in [-0.4, -0.2) is 28.8 Å². The maximum Gasteiger partial charge on any atom is 0.319 e. The highest BCUT2D eigenvalue weighted by molar-refractivity contribution is 5.89. The van der Waals surface area contributed by atoms with Crippen molar-refractivity contribution in [1.82, 2.24) is 10.3 Å². The smallest absolute Gasteiger partial charge is 0.319 e. The summed E-state index contributed by atoms with van der Waals surface area (Å²) in [5, 5.41) is 13.6. The Bertz CT molecular complexity index is 329. The van der Waals surface area contributed by atoms with Gasteiger partial charge in [0.2, 0.25) is 5.95 Å². The van der Waals surface area contributed by atoms with E-state index >= 15 is 0 Å². The fraction of sp³-hybridized carbons (Fsp3) is 0.333. The van der Waals surface area contributed by atoms with Crippen LogP contribution in [0.25, 0.3) is 0 Å². The van der Waals surface area contributed by atoms with Crippen LogP contribution < -0.4 is 10.6 Å². The molecule has 1 aromatic rings. The molecule has 0 radical (unpaired) electrons. The lowest BCUT2D eigenvalue weighted by Gasteiger charge is -2.11. The highest BCUT2D eigenvalue weighted by Gasteiger charge is 2.05. The van der Waals surface area contributed by atoms with E-state index in [-0.39, 0.29) is 12.6 Å². The molecule has 0 saturated heterocycles. The maximum absolute atomic E-state index is 12.4. The van der Waals surface area contributed by atoms with Gasteiger partial charge in [-0.15, -0.1) is 0 Å². The van der Waals surface area contributed by atoms with E-state index in [0.29, 0.717) is 5.69 Å². The summed E-state index contributed by atoms with van der Waals surface area (Å²) in [6.07, 6.45) is 1.21. The van der Waals surface area contributed by atoms with Crippen LogP contribution in [0.3, 0.4) is 0 Å². The van der Waals surface area contributed by atoms with Crippen LogP contribution >= 0.6 is 0 Å². The summed E-state index contributed by atoms with van der Waals surface area (Å²) < 4.78 is 12.4. The minimum atomic E-state index is -0.607. The van der Waals surface area contributed by atoms with Crippen LogP contribution in [0, 0.1) is 5.95 Å². The van der Waals surface area contributed by atoms with Crippen molar-refractivity contribution in [2.24, 2.45) is 0 Å². The number of carbonyl (C=O) groups excluding carboxylic acids is 1. The van der Waals surface area contributed by atoms with Gasteiger partial charge in [0.15, 0.2) is 0 Å². The van der Waals surface area contributed by atoms with Gasteiger partial charge in [0.1, 0.15) is 0 Å². The number of pyridine rings is 1. The number of aliphatic hydroxyl groups excluding tert-OH is 1. The predicted molar refractivity (Wildman–Crippen MR) is 52.9 cm³/mol. The van der Waals surface area contributed by atoms with Gasteiger partial charge in [-0.05, 0) is 19.1 Å². The van der Waals surface area contributed by atoms with Crippen LogP contribution in [-0.2, 0) is 0 Å². The van der Waals surface area contributed by atoms with E-state index in [1.54, 1.807) is 6.92 Å². The summed E-state index contributed by atoms with van der Waals surface area (Å²) in [5.41, 5.74) is 0.388. The average molecular weight is 213 g/mol. The van der Waals surface area contributed by atoms with Gasteiger partial charge in [-0.25, -0.2) is 9.78 Å². The van der Waals surface area contributed by atoms with E-state index < -0.39 is 12.0 Å². The normalized spacial score (nSPS) is 11.9. The highest BCUT2D eigenvalue weighted by atomic mass is 19.1. The molecule has 0 bridgehead atoms. The molecule has 82 valence electrons. The summed E-state index contributed by atoms with van der Waals surface area (Å²) in [5.74, 6) is -0.607. The molecule has 0 aliphatic carbocycles. The zero-order chi connectivity index (χ0) is 11.3. The maximum atomic E-state index is 12.4. The highest BCUT2D eigenvalue weighted by Crippen LogP contribution is 2.04. The van der Waals surface area contributed by atoms with Gasteiger partial charge < -0.3 is 15.7 Å². The molecule has 0 aromatic carbocycles. The van der Waals surface area contributed by atoms with E-state index in [4.69, 9.17) is 5.11 Å². The fourth-order valence-corrected chi connectivity index (χ4v) is 0.886. The minimum Gasteiger partial charge on any atom is -0.394 e. The average Bonchev–Trinajstić information content (AvgIpc) is 2.21. The van der Waals surface area contributed by atoms with E-state index in [2.05, 4.69) is 15.6 Å². The van der Waals surface area contributed by atoms with Crippen molar-refractivity contribution < 1.29 is 14.3 Å². The Morgan fingerprint density at radius 3 is 2.93 bits per heavy atom. The molecule has 0 unspecified atom stereocenters. The van der Waals surface area contributed by atoms with Gasteiger partial charge in [-0.2, -0.15) is 4.39 Å². The van der Waals surface area contributed by atoms with Crippen LogP contribution in [0.5, 0.6) is 0 Å². The molecule has 1 heterocycles. The Morgan fingerprint density at radius 1 is 1.67 bits per heavy atom. The summed E-state index contributed by atoms with van der Waals surface area (Å²) in [4.78, 5) is 14.6. The third kappa shape index (κ3) is 3.90. The molecular weight excluding hydrogens is 201 g/mol. The van der Waals surface area contributed by atoms with Crippen LogP contribution in [0.15, 0.2) is 18.3 Å². The van der Waals surface area contributed by atoms with Crippen molar-refractivity contribution in [3.8, 4) is 0 Å². The second kappa shape index (κ2) is 5.26. The zero-order valence-corrected chi connectivity index (χ0v) is 8.20. The van der Waals surface area contributed by atoms with Crippen molar-refractivity contribution in [2.75, 3.05) is 11.9 Å². The van der Waals surface area contributed by atoms with Crippen molar-refractivity contribution in [3.63, 3.8) is 0 Å². The number of carbonyl (C=O) groups is 1. The number of halogens is 1. The number of rotatable bonds is 3. The summed E-state index contributed by atoms with van der Waals surface area (Å²) in [7, 11) is 0. The van der Waals surface area contributed by atoms with Crippen molar-refractivity contribution in [1.29, 1.82) is 0 Å². The zero-order valence-electron chi connectivity index (χ0n) is 8.20. The van der Waals surface area contributed by atoms with Crippen molar-refractivity contribution >= 4 is 11.7 Å². The lowest BCUT2D eigenvalue weighted by Crippen LogP contribution is -2.38. The van der Waals surface area contributed by atoms with Crippen LogP contribution in [0.4, 0.5) is 14.9 Å². The first-order valence-corrected chi connectivity index (χ1v) is 4.41. The number of hydrogen-bond donors (Lipinski definition) is 3. The van der Waals surface area contributed by atoms with Gasteiger partial charge in [0.05, 0.1) is 24.5 Å². The molecule has 2 amide bonds. The predicted octanol–water partition coefficient (Wildman–Crippen LogP) is 0.723. The quantitative estimate of drug-likeness (QED) is 0.648. The Hall–Kier alpha value is -1.69. The molecule has 0 fully saturated rings. The molecule has 0 saturated carbocycles. The van der Waals surface area contributed by atoms with Crippen molar-refractivity contribution in [2.45, 2.75) is 13.0 Å². The van der Waals surface area contributed by atoms with Gasteiger partial charge >= 0.3 is 6.03 Å². The first-order valence-electron chi connectivity index (χ1n) is 4.41. The minimum absolute atomic E-state index is 0.144. The molecule has 1 aromatic heterocycles. The molecular formula is C9H12FN3O2. The van der Waals surface area contributed by atoms with Gasteiger partial charge in [-0.3, -0.25) is 0 Å². The summed E-state index contributed by atoms with van der Waals surface area (Å²) in [6, 6.07) is 1.74. The van der Waals surface area contributed by atoms with Crippen molar-refractivity contribution in [3.05, 3.63) is 24.3 Å².